The number of amides is 1. The van der Waals surface area contributed by atoms with Crippen LogP contribution in [-0.4, -0.2) is 17.4 Å². The number of carbonyl (C=O) groups excluding carboxylic acids is 1. The van der Waals surface area contributed by atoms with Gasteiger partial charge in [0, 0.05) is 24.0 Å². The van der Waals surface area contributed by atoms with E-state index in [1.165, 1.54) is 0 Å². The van der Waals surface area contributed by atoms with Gasteiger partial charge in [0.2, 0.25) is 0 Å². The molecule has 1 aromatic heterocycles. The minimum absolute atomic E-state index is 0.0458. The Morgan fingerprint density at radius 1 is 1.09 bits per heavy atom. The maximum Gasteiger partial charge on any atom is 0.258 e. The third-order valence-corrected chi connectivity index (χ3v) is 3.79. The third-order valence-electron chi connectivity index (χ3n) is 3.58. The smallest absolute Gasteiger partial charge is 0.258 e. The van der Waals surface area contributed by atoms with Crippen LogP contribution in [0.15, 0.2) is 60.8 Å². The van der Waals surface area contributed by atoms with Gasteiger partial charge >= 0.3 is 0 Å². The summed E-state index contributed by atoms with van der Waals surface area (Å²) in [5.41, 5.74) is 1.41. The first-order valence-corrected chi connectivity index (χ1v) is 7.49. The highest BCUT2D eigenvalue weighted by Gasteiger charge is 2.16. The summed E-state index contributed by atoms with van der Waals surface area (Å²) in [5, 5.41) is 2.55. The minimum atomic E-state index is -0.0458. The number of pyridine rings is 1. The fourth-order valence-electron chi connectivity index (χ4n) is 2.48. The Hall–Kier alpha value is -2.39. The van der Waals surface area contributed by atoms with Crippen molar-refractivity contribution in [3.05, 3.63) is 71.5 Å². The Morgan fingerprint density at radius 2 is 1.86 bits per heavy atom. The van der Waals surface area contributed by atoms with Gasteiger partial charge in [-0.15, -0.1) is 0 Å². The molecule has 0 unspecified atom stereocenters. The summed E-state index contributed by atoms with van der Waals surface area (Å²) in [6, 6.07) is 17.2. The number of benzene rings is 2. The first-order valence-electron chi connectivity index (χ1n) is 7.11. The zero-order valence-electron chi connectivity index (χ0n) is 12.2. The van der Waals surface area contributed by atoms with E-state index in [4.69, 9.17) is 11.6 Å². The first kappa shape index (κ1) is 14.5. The van der Waals surface area contributed by atoms with Gasteiger partial charge in [-0.25, -0.2) is 4.98 Å². The lowest BCUT2D eigenvalue weighted by atomic mass is 10.1. The summed E-state index contributed by atoms with van der Waals surface area (Å²) in [7, 11) is 0. The predicted octanol–water partition coefficient (Wildman–Crippen LogP) is 4.55. The maximum absolute atomic E-state index is 12.8. The number of aromatic nitrogens is 1. The van der Waals surface area contributed by atoms with E-state index in [1.54, 1.807) is 23.2 Å². The van der Waals surface area contributed by atoms with E-state index < -0.39 is 0 Å². The highest BCUT2D eigenvalue weighted by molar-refractivity contribution is 6.29. The molecule has 2 aromatic carbocycles. The van der Waals surface area contributed by atoms with Gasteiger partial charge in [0.15, 0.2) is 0 Å². The topological polar surface area (TPSA) is 33.2 Å². The van der Waals surface area contributed by atoms with E-state index >= 15 is 0 Å². The lowest BCUT2D eigenvalue weighted by Crippen LogP contribution is -2.30. The molecular formula is C18H15ClN2O. The van der Waals surface area contributed by atoms with Crippen molar-refractivity contribution in [1.29, 1.82) is 0 Å². The normalized spacial score (nSPS) is 10.6. The Bertz CT molecular complexity index is 832. The van der Waals surface area contributed by atoms with Gasteiger partial charge in [-0.1, -0.05) is 41.9 Å². The number of nitrogens with zero attached hydrogens (tertiary/aromatic N) is 2. The minimum Gasteiger partial charge on any atom is -0.308 e. The molecule has 0 saturated carbocycles. The molecule has 0 aliphatic rings. The van der Waals surface area contributed by atoms with Crippen LogP contribution in [0, 0.1) is 0 Å². The van der Waals surface area contributed by atoms with Gasteiger partial charge in [-0.2, -0.15) is 0 Å². The van der Waals surface area contributed by atoms with E-state index in [2.05, 4.69) is 4.98 Å². The number of anilines is 1. The van der Waals surface area contributed by atoms with Crippen molar-refractivity contribution in [2.45, 2.75) is 6.92 Å². The molecular weight excluding hydrogens is 296 g/mol. The lowest BCUT2D eigenvalue weighted by Gasteiger charge is -2.21. The molecule has 0 N–H and O–H groups in total. The van der Waals surface area contributed by atoms with E-state index in [9.17, 15) is 4.79 Å². The van der Waals surface area contributed by atoms with Crippen LogP contribution >= 0.6 is 11.6 Å². The van der Waals surface area contributed by atoms with Crippen LogP contribution in [0.25, 0.3) is 10.8 Å². The molecule has 1 amide bonds. The molecule has 1 heterocycles. The van der Waals surface area contributed by atoms with Gasteiger partial charge < -0.3 is 4.90 Å². The molecule has 0 saturated heterocycles. The summed E-state index contributed by atoms with van der Waals surface area (Å²) in [4.78, 5) is 18.4. The fraction of sp³-hybridized carbons (Fsp3) is 0.111. The van der Waals surface area contributed by atoms with Crippen LogP contribution in [-0.2, 0) is 0 Å². The van der Waals surface area contributed by atoms with Crippen molar-refractivity contribution in [3.8, 4) is 0 Å². The summed E-state index contributed by atoms with van der Waals surface area (Å²) < 4.78 is 0. The summed E-state index contributed by atoms with van der Waals surface area (Å²) in [5.74, 6) is -0.0458. The van der Waals surface area contributed by atoms with E-state index in [0.717, 1.165) is 16.5 Å². The van der Waals surface area contributed by atoms with Crippen LogP contribution in [0.2, 0.25) is 5.15 Å². The Morgan fingerprint density at radius 3 is 2.59 bits per heavy atom. The Kier molecular flexibility index (Phi) is 4.07. The molecule has 0 aliphatic carbocycles. The summed E-state index contributed by atoms with van der Waals surface area (Å²) >= 11 is 5.93. The van der Waals surface area contributed by atoms with Crippen LogP contribution < -0.4 is 4.90 Å². The molecule has 4 heteroatoms. The largest absolute Gasteiger partial charge is 0.308 e. The summed E-state index contributed by atoms with van der Waals surface area (Å²) in [6.45, 7) is 2.50. The average molecular weight is 311 g/mol. The highest BCUT2D eigenvalue weighted by Crippen LogP contribution is 2.22. The Labute approximate surface area is 134 Å². The van der Waals surface area contributed by atoms with Crippen molar-refractivity contribution in [2.75, 3.05) is 11.4 Å². The molecule has 3 nitrogen and oxygen atoms in total. The molecule has 110 valence electrons. The zero-order chi connectivity index (χ0) is 15.5. The lowest BCUT2D eigenvalue weighted by molar-refractivity contribution is 0.0988. The average Bonchev–Trinajstić information content (AvgIpc) is 2.55. The maximum atomic E-state index is 12.8. The van der Waals surface area contributed by atoms with Crippen molar-refractivity contribution < 1.29 is 4.79 Å². The molecule has 0 radical (unpaired) electrons. The van der Waals surface area contributed by atoms with Crippen LogP contribution in [0.3, 0.4) is 0 Å². The zero-order valence-corrected chi connectivity index (χ0v) is 12.9. The van der Waals surface area contributed by atoms with Crippen LogP contribution in [0.1, 0.15) is 17.3 Å². The van der Waals surface area contributed by atoms with Gasteiger partial charge in [0.1, 0.15) is 5.15 Å². The molecule has 0 bridgehead atoms. The summed E-state index contributed by atoms with van der Waals surface area (Å²) in [6.07, 6.45) is 1.61. The van der Waals surface area contributed by atoms with Crippen molar-refractivity contribution in [1.82, 2.24) is 4.98 Å². The first-order chi connectivity index (χ1) is 10.7. The van der Waals surface area contributed by atoms with Crippen molar-refractivity contribution >= 4 is 34.0 Å². The second-order valence-electron chi connectivity index (χ2n) is 4.95. The predicted molar refractivity (Wildman–Crippen MR) is 90.5 cm³/mol. The number of hydrogen-bond donors (Lipinski definition) is 0. The molecule has 0 fully saturated rings. The van der Waals surface area contributed by atoms with Crippen molar-refractivity contribution in [3.63, 3.8) is 0 Å². The van der Waals surface area contributed by atoms with Gasteiger partial charge in [-0.05, 0) is 42.0 Å². The molecule has 0 spiro atoms. The van der Waals surface area contributed by atoms with Gasteiger partial charge in [0.05, 0.1) is 0 Å². The molecule has 22 heavy (non-hydrogen) atoms. The standard InChI is InChI=1S/C18H15ClN2O/c1-2-21(16-9-10-20-17(19)12-16)18(22)15-8-7-13-5-3-4-6-14(13)11-15/h3-12H,2H2,1H3. The van der Waals surface area contributed by atoms with Gasteiger partial charge in [0.25, 0.3) is 5.91 Å². The monoisotopic (exact) mass is 310 g/mol. The highest BCUT2D eigenvalue weighted by atomic mass is 35.5. The molecule has 0 aliphatic heterocycles. The second kappa shape index (κ2) is 6.16. The third kappa shape index (κ3) is 2.81. The van der Waals surface area contributed by atoms with E-state index in [-0.39, 0.29) is 5.91 Å². The molecule has 3 aromatic rings. The molecule has 0 atom stereocenters. The number of carbonyl (C=O) groups is 1. The van der Waals surface area contributed by atoms with Crippen LogP contribution in [0.5, 0.6) is 0 Å². The number of fused-ring (bicyclic) bond motifs is 1. The van der Waals surface area contributed by atoms with Crippen molar-refractivity contribution in [2.24, 2.45) is 0 Å². The molecule has 3 rings (SSSR count). The van der Waals surface area contributed by atoms with E-state index in [1.807, 2.05) is 49.4 Å². The number of halogens is 1. The fourth-order valence-corrected chi connectivity index (χ4v) is 2.65. The van der Waals surface area contributed by atoms with Crippen LogP contribution in [0.4, 0.5) is 5.69 Å². The Balaban J connectivity index is 1.99. The number of hydrogen-bond acceptors (Lipinski definition) is 2. The van der Waals surface area contributed by atoms with E-state index in [0.29, 0.717) is 17.3 Å². The van der Waals surface area contributed by atoms with Gasteiger partial charge in [-0.3, -0.25) is 4.79 Å². The second-order valence-corrected chi connectivity index (χ2v) is 5.34. The number of rotatable bonds is 3. The SMILES string of the molecule is CCN(C(=O)c1ccc2ccccc2c1)c1ccnc(Cl)c1. The quantitative estimate of drug-likeness (QED) is 0.665.